The van der Waals surface area contributed by atoms with Gasteiger partial charge in [0.15, 0.2) is 0 Å². The number of sulfonamides is 1. The standard InChI is InChI=1S/C22H25N5O3S/c1-17-9-10-23-27(17)20-7-4-6-19(16-20)24-22(28)18-5-3-8-21(15-18)31(29,30)26-13-11-25(2)12-14-26/h3-10,15-16H,11-14H2,1-2H3,(H,24,28). The highest BCUT2D eigenvalue weighted by atomic mass is 32.2. The molecular weight excluding hydrogens is 414 g/mol. The molecule has 2 aromatic carbocycles. The zero-order valence-electron chi connectivity index (χ0n) is 17.5. The summed E-state index contributed by atoms with van der Waals surface area (Å²) < 4.78 is 29.3. The molecule has 0 spiro atoms. The molecule has 0 atom stereocenters. The van der Waals surface area contributed by atoms with Crippen LogP contribution in [0.1, 0.15) is 16.1 Å². The van der Waals surface area contributed by atoms with E-state index < -0.39 is 10.0 Å². The molecule has 0 unspecified atom stereocenters. The van der Waals surface area contributed by atoms with E-state index in [4.69, 9.17) is 0 Å². The van der Waals surface area contributed by atoms with Crippen molar-refractivity contribution in [3.8, 4) is 5.69 Å². The molecule has 0 saturated carbocycles. The molecule has 4 rings (SSSR count). The van der Waals surface area contributed by atoms with Crippen molar-refractivity contribution in [2.75, 3.05) is 38.5 Å². The quantitative estimate of drug-likeness (QED) is 0.660. The van der Waals surface area contributed by atoms with E-state index in [1.54, 1.807) is 29.1 Å². The fraction of sp³-hybridized carbons (Fsp3) is 0.273. The van der Waals surface area contributed by atoms with Crippen molar-refractivity contribution in [2.45, 2.75) is 11.8 Å². The summed E-state index contributed by atoms with van der Waals surface area (Å²) in [6.07, 6.45) is 1.72. The number of hydrogen-bond acceptors (Lipinski definition) is 5. The SMILES string of the molecule is Cc1ccnn1-c1cccc(NC(=O)c2cccc(S(=O)(=O)N3CCN(C)CC3)c2)c1. The second-order valence-corrected chi connectivity index (χ2v) is 9.56. The Kier molecular flexibility index (Phi) is 5.90. The van der Waals surface area contributed by atoms with Crippen LogP contribution in [0.15, 0.2) is 65.7 Å². The Hall–Kier alpha value is -3.01. The lowest BCUT2D eigenvalue weighted by molar-refractivity contribution is 0.102. The molecule has 0 aliphatic carbocycles. The number of hydrogen-bond donors (Lipinski definition) is 1. The van der Waals surface area contributed by atoms with Crippen molar-refractivity contribution >= 4 is 21.6 Å². The second-order valence-electron chi connectivity index (χ2n) is 7.62. The first-order valence-corrected chi connectivity index (χ1v) is 11.5. The Morgan fingerprint density at radius 2 is 1.74 bits per heavy atom. The van der Waals surface area contributed by atoms with Crippen molar-refractivity contribution in [1.82, 2.24) is 19.0 Å². The highest BCUT2D eigenvalue weighted by Gasteiger charge is 2.28. The normalized spacial score (nSPS) is 15.7. The molecule has 162 valence electrons. The van der Waals surface area contributed by atoms with E-state index in [0.717, 1.165) is 11.4 Å². The van der Waals surface area contributed by atoms with Gasteiger partial charge in [-0.15, -0.1) is 0 Å². The maximum atomic E-state index is 13.0. The number of nitrogens with one attached hydrogen (secondary N) is 1. The fourth-order valence-corrected chi connectivity index (χ4v) is 5.00. The van der Waals surface area contributed by atoms with Crippen molar-refractivity contribution in [1.29, 1.82) is 0 Å². The number of amides is 1. The molecule has 0 radical (unpaired) electrons. The Labute approximate surface area is 182 Å². The van der Waals surface area contributed by atoms with E-state index in [1.165, 1.54) is 16.4 Å². The smallest absolute Gasteiger partial charge is 0.255 e. The topological polar surface area (TPSA) is 87.5 Å². The lowest BCUT2D eigenvalue weighted by atomic mass is 10.2. The maximum absolute atomic E-state index is 13.0. The van der Waals surface area contributed by atoms with Crippen LogP contribution in [-0.2, 0) is 10.0 Å². The van der Waals surface area contributed by atoms with E-state index in [-0.39, 0.29) is 16.4 Å². The van der Waals surface area contributed by atoms with Gasteiger partial charge in [0.25, 0.3) is 5.91 Å². The minimum absolute atomic E-state index is 0.130. The van der Waals surface area contributed by atoms with E-state index in [1.807, 2.05) is 38.2 Å². The molecule has 3 aromatic rings. The molecule has 1 aromatic heterocycles. The summed E-state index contributed by atoms with van der Waals surface area (Å²) in [6, 6.07) is 15.4. The number of piperazine rings is 1. The molecule has 0 bridgehead atoms. The average molecular weight is 440 g/mol. The van der Waals surface area contributed by atoms with Crippen LogP contribution in [0.3, 0.4) is 0 Å². The van der Waals surface area contributed by atoms with E-state index >= 15 is 0 Å². The predicted molar refractivity (Wildman–Crippen MR) is 119 cm³/mol. The van der Waals surface area contributed by atoms with Gasteiger partial charge < -0.3 is 10.2 Å². The lowest BCUT2D eigenvalue weighted by Crippen LogP contribution is -2.47. The van der Waals surface area contributed by atoms with Gasteiger partial charge >= 0.3 is 0 Å². The molecule has 9 heteroatoms. The number of carbonyl (C=O) groups excluding carboxylic acids is 1. The summed E-state index contributed by atoms with van der Waals surface area (Å²) in [7, 11) is -1.67. The molecule has 1 aliphatic rings. The number of nitrogens with zero attached hydrogens (tertiary/aromatic N) is 4. The summed E-state index contributed by atoms with van der Waals surface area (Å²) >= 11 is 0. The third-order valence-electron chi connectivity index (χ3n) is 5.38. The van der Waals surface area contributed by atoms with Gasteiger partial charge in [-0.1, -0.05) is 12.1 Å². The van der Waals surface area contributed by atoms with Crippen LogP contribution in [0, 0.1) is 6.92 Å². The molecule has 31 heavy (non-hydrogen) atoms. The molecule has 1 N–H and O–H groups in total. The van der Waals surface area contributed by atoms with Crippen molar-refractivity contribution < 1.29 is 13.2 Å². The number of carbonyl (C=O) groups is 1. The van der Waals surface area contributed by atoms with E-state index in [9.17, 15) is 13.2 Å². The van der Waals surface area contributed by atoms with Gasteiger partial charge in [0, 0.05) is 49.3 Å². The van der Waals surface area contributed by atoms with Crippen molar-refractivity contribution in [2.24, 2.45) is 0 Å². The molecule has 1 fully saturated rings. The lowest BCUT2D eigenvalue weighted by Gasteiger charge is -2.31. The number of benzene rings is 2. The number of likely N-dealkylation sites (N-methyl/N-ethyl adjacent to an activating group) is 1. The summed E-state index contributed by atoms with van der Waals surface area (Å²) in [5.41, 5.74) is 2.69. The number of aryl methyl sites for hydroxylation is 1. The largest absolute Gasteiger partial charge is 0.322 e. The summed E-state index contributed by atoms with van der Waals surface area (Å²) in [5, 5.41) is 7.13. The molecule has 8 nitrogen and oxygen atoms in total. The average Bonchev–Trinajstić information content (AvgIpc) is 3.20. The van der Waals surface area contributed by atoms with Crippen molar-refractivity contribution in [3.63, 3.8) is 0 Å². The first-order valence-electron chi connectivity index (χ1n) is 10.1. The van der Waals surface area contributed by atoms with Gasteiger partial charge in [0.1, 0.15) is 0 Å². The van der Waals surface area contributed by atoms with Gasteiger partial charge in [-0.2, -0.15) is 9.40 Å². The minimum atomic E-state index is -3.64. The Bertz CT molecular complexity index is 1200. The van der Waals surface area contributed by atoms with Crippen LogP contribution in [0.5, 0.6) is 0 Å². The van der Waals surface area contributed by atoms with Crippen LogP contribution in [-0.4, -0.2) is 66.5 Å². The van der Waals surface area contributed by atoms with Gasteiger partial charge in [-0.3, -0.25) is 4.79 Å². The Balaban J connectivity index is 1.53. The molecule has 1 saturated heterocycles. The van der Waals surface area contributed by atoms with Crippen LogP contribution in [0.4, 0.5) is 5.69 Å². The van der Waals surface area contributed by atoms with Gasteiger partial charge in [-0.05, 0) is 56.4 Å². The highest BCUT2D eigenvalue weighted by molar-refractivity contribution is 7.89. The van der Waals surface area contributed by atoms with Gasteiger partial charge in [0.05, 0.1) is 10.6 Å². The van der Waals surface area contributed by atoms with Gasteiger partial charge in [0.2, 0.25) is 10.0 Å². The van der Waals surface area contributed by atoms with E-state index in [2.05, 4.69) is 15.3 Å². The first kappa shape index (κ1) is 21.2. The first-order chi connectivity index (χ1) is 14.8. The maximum Gasteiger partial charge on any atom is 0.255 e. The number of aromatic nitrogens is 2. The highest BCUT2D eigenvalue weighted by Crippen LogP contribution is 2.20. The zero-order valence-corrected chi connectivity index (χ0v) is 18.3. The van der Waals surface area contributed by atoms with Gasteiger partial charge in [-0.25, -0.2) is 13.1 Å². The zero-order chi connectivity index (χ0) is 22.0. The van der Waals surface area contributed by atoms with Crippen LogP contribution < -0.4 is 5.32 Å². The molecule has 1 amide bonds. The van der Waals surface area contributed by atoms with Crippen LogP contribution in [0.25, 0.3) is 5.69 Å². The summed E-state index contributed by atoms with van der Waals surface area (Å²) in [6.45, 7) is 4.20. The third kappa shape index (κ3) is 4.53. The predicted octanol–water partition coefficient (Wildman–Crippen LogP) is 2.37. The number of rotatable bonds is 5. The van der Waals surface area contributed by atoms with Crippen molar-refractivity contribution in [3.05, 3.63) is 72.1 Å². The third-order valence-corrected chi connectivity index (χ3v) is 7.27. The fourth-order valence-electron chi connectivity index (χ4n) is 3.53. The molecule has 2 heterocycles. The monoisotopic (exact) mass is 439 g/mol. The minimum Gasteiger partial charge on any atom is -0.322 e. The molecule has 1 aliphatic heterocycles. The summed E-state index contributed by atoms with van der Waals surface area (Å²) in [5.74, 6) is -0.371. The Morgan fingerprint density at radius 3 is 2.45 bits per heavy atom. The van der Waals surface area contributed by atoms with Crippen LogP contribution >= 0.6 is 0 Å². The number of anilines is 1. The second kappa shape index (κ2) is 8.62. The Morgan fingerprint density at radius 1 is 1.00 bits per heavy atom. The van der Waals surface area contributed by atoms with E-state index in [0.29, 0.717) is 31.9 Å². The molecular formula is C22H25N5O3S. The summed E-state index contributed by atoms with van der Waals surface area (Å²) in [4.78, 5) is 15.1. The van der Waals surface area contributed by atoms with Crippen LogP contribution in [0.2, 0.25) is 0 Å².